The average molecular weight is 643 g/mol. The highest BCUT2D eigenvalue weighted by Crippen LogP contribution is 2.39. The van der Waals surface area contributed by atoms with Gasteiger partial charge < -0.3 is 10.1 Å². The van der Waals surface area contributed by atoms with Gasteiger partial charge in [0.05, 0.1) is 12.3 Å². The molecule has 0 fully saturated rings. The molecular formula is C41H42N2O5. The van der Waals surface area contributed by atoms with Gasteiger partial charge in [-0.3, -0.25) is 19.2 Å². The quantitative estimate of drug-likeness (QED) is 0.0800. The molecule has 7 nitrogen and oxygen atoms in total. The van der Waals surface area contributed by atoms with Crippen LogP contribution in [-0.2, 0) is 36.0 Å². The summed E-state index contributed by atoms with van der Waals surface area (Å²) < 4.78 is 5.53. The highest BCUT2D eigenvalue weighted by Gasteiger charge is 2.39. The van der Waals surface area contributed by atoms with Gasteiger partial charge in [-0.05, 0) is 60.2 Å². The Morgan fingerprint density at radius 2 is 1.17 bits per heavy atom. The summed E-state index contributed by atoms with van der Waals surface area (Å²) in [7, 11) is 0. The van der Waals surface area contributed by atoms with Crippen molar-refractivity contribution in [2.45, 2.75) is 51.2 Å². The van der Waals surface area contributed by atoms with Crippen LogP contribution in [-0.4, -0.2) is 29.9 Å². The SMILES string of the molecule is CC(C)(C)OC(=O)CC(CC(=O)NOC(c1ccccc1)(c1ccccc1)c1ccccc1)C(=O)NCCc1cccc2ccccc12. The van der Waals surface area contributed by atoms with Crippen LogP contribution < -0.4 is 10.8 Å². The average Bonchev–Trinajstić information content (AvgIpc) is 3.09. The maximum atomic E-state index is 13.6. The molecule has 0 heterocycles. The first-order valence-corrected chi connectivity index (χ1v) is 16.3. The third-order valence-corrected chi connectivity index (χ3v) is 8.07. The molecule has 0 aliphatic carbocycles. The van der Waals surface area contributed by atoms with Gasteiger partial charge >= 0.3 is 5.97 Å². The number of amides is 2. The first kappa shape index (κ1) is 34.1. The second-order valence-corrected chi connectivity index (χ2v) is 12.8. The Kier molecular flexibility index (Phi) is 11.0. The molecule has 7 heteroatoms. The normalized spacial score (nSPS) is 12.2. The fraction of sp³-hybridized carbons (Fsp3) is 0.244. The molecule has 0 saturated carbocycles. The zero-order valence-corrected chi connectivity index (χ0v) is 27.6. The van der Waals surface area contributed by atoms with Gasteiger partial charge in [-0.2, -0.15) is 0 Å². The van der Waals surface area contributed by atoms with Crippen LogP contribution in [0, 0.1) is 5.92 Å². The molecule has 0 spiro atoms. The Balaban J connectivity index is 1.35. The maximum Gasteiger partial charge on any atom is 0.307 e. The second kappa shape index (κ2) is 15.5. The predicted molar refractivity (Wildman–Crippen MR) is 188 cm³/mol. The number of fused-ring (bicyclic) bond motifs is 1. The molecule has 246 valence electrons. The molecule has 0 aliphatic heterocycles. The van der Waals surface area contributed by atoms with Crippen molar-refractivity contribution >= 4 is 28.6 Å². The summed E-state index contributed by atoms with van der Waals surface area (Å²) >= 11 is 0. The van der Waals surface area contributed by atoms with Crippen LogP contribution in [0.4, 0.5) is 0 Å². The minimum Gasteiger partial charge on any atom is -0.460 e. The Hall–Kier alpha value is -5.27. The van der Waals surface area contributed by atoms with E-state index in [4.69, 9.17) is 9.57 Å². The van der Waals surface area contributed by atoms with Gasteiger partial charge in [0.1, 0.15) is 5.60 Å². The summed E-state index contributed by atoms with van der Waals surface area (Å²) in [5.74, 6) is -2.48. The molecule has 5 aromatic rings. The van der Waals surface area contributed by atoms with E-state index in [-0.39, 0.29) is 12.8 Å². The van der Waals surface area contributed by atoms with E-state index in [1.807, 2.05) is 115 Å². The zero-order chi connectivity index (χ0) is 34.0. The number of esters is 1. The number of carbonyl (C=O) groups is 3. The monoisotopic (exact) mass is 642 g/mol. The van der Waals surface area contributed by atoms with Crippen LogP contribution in [0.3, 0.4) is 0 Å². The van der Waals surface area contributed by atoms with Crippen LogP contribution in [0.5, 0.6) is 0 Å². The topological polar surface area (TPSA) is 93.7 Å². The molecule has 0 aliphatic rings. The van der Waals surface area contributed by atoms with E-state index in [2.05, 4.69) is 29.0 Å². The number of hydrogen-bond donors (Lipinski definition) is 2. The first-order valence-electron chi connectivity index (χ1n) is 16.3. The van der Waals surface area contributed by atoms with E-state index in [0.717, 1.165) is 33.0 Å². The largest absolute Gasteiger partial charge is 0.460 e. The molecule has 5 rings (SSSR count). The molecule has 1 atom stereocenters. The molecule has 2 N–H and O–H groups in total. The van der Waals surface area contributed by atoms with Gasteiger partial charge in [0, 0.05) is 13.0 Å². The predicted octanol–water partition coefficient (Wildman–Crippen LogP) is 7.28. The Morgan fingerprint density at radius 1 is 0.646 bits per heavy atom. The number of nitrogens with one attached hydrogen (secondary N) is 2. The minimum absolute atomic E-state index is 0.258. The van der Waals surface area contributed by atoms with Crippen molar-refractivity contribution in [3.05, 3.63) is 156 Å². The van der Waals surface area contributed by atoms with Gasteiger partial charge in [0.25, 0.3) is 0 Å². The van der Waals surface area contributed by atoms with Gasteiger partial charge in [0.2, 0.25) is 11.8 Å². The van der Waals surface area contributed by atoms with E-state index in [0.29, 0.717) is 13.0 Å². The Morgan fingerprint density at radius 3 is 1.73 bits per heavy atom. The number of hydroxylamine groups is 1. The molecule has 0 radical (unpaired) electrons. The number of hydrogen-bond acceptors (Lipinski definition) is 5. The van der Waals surface area contributed by atoms with E-state index in [1.54, 1.807) is 20.8 Å². The molecule has 1 unspecified atom stereocenters. The lowest BCUT2D eigenvalue weighted by Crippen LogP contribution is -2.42. The fourth-order valence-corrected chi connectivity index (χ4v) is 5.91. The highest BCUT2D eigenvalue weighted by atomic mass is 16.7. The third kappa shape index (κ3) is 8.55. The Labute approximate surface area is 282 Å². The van der Waals surface area contributed by atoms with Crippen LogP contribution >= 0.6 is 0 Å². The summed E-state index contributed by atoms with van der Waals surface area (Å²) in [6.45, 7) is 5.64. The summed E-state index contributed by atoms with van der Waals surface area (Å²) in [5, 5.41) is 5.20. The van der Waals surface area contributed by atoms with Crippen LogP contribution in [0.2, 0.25) is 0 Å². The van der Waals surface area contributed by atoms with Gasteiger partial charge in [-0.15, -0.1) is 0 Å². The highest BCUT2D eigenvalue weighted by molar-refractivity contribution is 5.89. The Bertz CT molecular complexity index is 1720. The summed E-state index contributed by atoms with van der Waals surface area (Å²) in [5.41, 5.74) is 4.24. The lowest BCUT2D eigenvalue weighted by Gasteiger charge is -2.35. The maximum absolute atomic E-state index is 13.6. The van der Waals surface area contributed by atoms with Crippen LogP contribution in [0.15, 0.2) is 133 Å². The molecule has 0 saturated heterocycles. The molecule has 0 bridgehead atoms. The second-order valence-electron chi connectivity index (χ2n) is 12.8. The van der Waals surface area contributed by atoms with E-state index in [9.17, 15) is 14.4 Å². The van der Waals surface area contributed by atoms with E-state index < -0.39 is 34.9 Å². The van der Waals surface area contributed by atoms with E-state index >= 15 is 0 Å². The standard InChI is InChI=1S/C41H42N2O5/c1-40(2,3)47-38(45)29-32(39(46)42-27-26-31-18-15-17-30-16-13-14-25-36(30)31)28-37(44)43-48-41(33-19-7-4-8-20-33,34-21-9-5-10-22-34)35-23-11-6-12-24-35/h4-25,32H,26-29H2,1-3H3,(H,42,46)(H,43,44). The molecule has 5 aromatic carbocycles. The first-order chi connectivity index (χ1) is 23.2. The van der Waals surface area contributed by atoms with Crippen LogP contribution in [0.25, 0.3) is 10.8 Å². The van der Waals surface area contributed by atoms with Crippen molar-refractivity contribution in [1.29, 1.82) is 0 Å². The van der Waals surface area contributed by atoms with Crippen LogP contribution in [0.1, 0.15) is 55.9 Å². The smallest absolute Gasteiger partial charge is 0.307 e. The van der Waals surface area contributed by atoms with Gasteiger partial charge in [-0.1, -0.05) is 133 Å². The number of benzene rings is 5. The molecular weight excluding hydrogens is 600 g/mol. The van der Waals surface area contributed by atoms with Crippen molar-refractivity contribution in [1.82, 2.24) is 10.8 Å². The number of rotatable bonds is 13. The van der Waals surface area contributed by atoms with E-state index in [1.165, 1.54) is 0 Å². The number of carbonyl (C=O) groups excluding carboxylic acids is 3. The molecule has 2 amide bonds. The van der Waals surface area contributed by atoms with Gasteiger partial charge in [0.15, 0.2) is 5.60 Å². The lowest BCUT2D eigenvalue weighted by atomic mass is 9.80. The molecule has 48 heavy (non-hydrogen) atoms. The third-order valence-electron chi connectivity index (χ3n) is 8.07. The minimum atomic E-state index is -1.19. The lowest BCUT2D eigenvalue weighted by molar-refractivity contribution is -0.158. The van der Waals surface area contributed by atoms with Crippen molar-refractivity contribution < 1.29 is 24.0 Å². The fourth-order valence-electron chi connectivity index (χ4n) is 5.91. The van der Waals surface area contributed by atoms with Crippen molar-refractivity contribution in [3.63, 3.8) is 0 Å². The van der Waals surface area contributed by atoms with Crippen molar-refractivity contribution in [2.24, 2.45) is 5.92 Å². The number of ether oxygens (including phenoxy) is 1. The van der Waals surface area contributed by atoms with Crippen molar-refractivity contribution in [2.75, 3.05) is 6.54 Å². The zero-order valence-electron chi connectivity index (χ0n) is 27.6. The van der Waals surface area contributed by atoms with Crippen molar-refractivity contribution in [3.8, 4) is 0 Å². The summed E-state index contributed by atoms with van der Waals surface area (Å²) in [4.78, 5) is 46.6. The molecule has 0 aromatic heterocycles. The van der Waals surface area contributed by atoms with Gasteiger partial charge in [-0.25, -0.2) is 5.48 Å². The summed E-state index contributed by atoms with van der Waals surface area (Å²) in [6.07, 6.45) is 0.0507. The summed E-state index contributed by atoms with van der Waals surface area (Å²) in [6, 6.07) is 43.1.